The summed E-state index contributed by atoms with van der Waals surface area (Å²) in [6.07, 6.45) is 1.27. The highest BCUT2D eigenvalue weighted by Crippen LogP contribution is 2.51. The third-order valence-corrected chi connectivity index (χ3v) is 6.24. The maximum absolute atomic E-state index is 13.4. The summed E-state index contributed by atoms with van der Waals surface area (Å²) in [6, 6.07) is 16.0. The number of fused-ring (bicyclic) bond motifs is 3. The fraction of sp³-hybridized carbons (Fsp3) is 0.320. The predicted octanol–water partition coefficient (Wildman–Crippen LogP) is 5.04. The second-order valence-corrected chi connectivity index (χ2v) is 9.08. The van der Waals surface area contributed by atoms with Crippen LogP contribution in [0.2, 0.25) is 0 Å². The Morgan fingerprint density at radius 3 is 2.43 bits per heavy atom. The first-order chi connectivity index (χ1) is 13.4. The minimum Gasteiger partial charge on any atom is -0.294 e. The first-order valence-corrected chi connectivity index (χ1v) is 9.91. The lowest BCUT2D eigenvalue weighted by molar-refractivity contribution is -0.118. The van der Waals surface area contributed by atoms with E-state index in [0.29, 0.717) is 6.42 Å². The smallest absolute Gasteiger partial charge is 0.173 e. The van der Waals surface area contributed by atoms with E-state index >= 15 is 0 Å². The predicted molar refractivity (Wildman–Crippen MR) is 110 cm³/mol. The molecule has 0 aromatic heterocycles. The number of rotatable bonds is 1. The number of hydrogen-bond acceptors (Lipinski definition) is 3. The van der Waals surface area contributed by atoms with Crippen molar-refractivity contribution in [3.63, 3.8) is 0 Å². The number of benzene rings is 2. The summed E-state index contributed by atoms with van der Waals surface area (Å²) in [5.74, 6) is -0.414. The zero-order valence-corrected chi connectivity index (χ0v) is 16.5. The molecule has 0 radical (unpaired) electrons. The SMILES string of the molecule is Cc1cccc(C2C3=C(CC(C)(C)CC3=O)N=C3c4ccccc4C(=O)C32)c1. The molecular formula is C25H23NO2. The van der Waals surface area contributed by atoms with Crippen molar-refractivity contribution in [1.29, 1.82) is 0 Å². The second-order valence-electron chi connectivity index (χ2n) is 9.08. The molecule has 5 rings (SSSR count). The average molecular weight is 369 g/mol. The van der Waals surface area contributed by atoms with E-state index in [1.807, 2.05) is 43.3 Å². The van der Waals surface area contributed by atoms with Crippen LogP contribution in [0.5, 0.6) is 0 Å². The van der Waals surface area contributed by atoms with Gasteiger partial charge in [-0.1, -0.05) is 67.9 Å². The third kappa shape index (κ3) is 2.46. The van der Waals surface area contributed by atoms with Crippen LogP contribution in [0.4, 0.5) is 0 Å². The van der Waals surface area contributed by atoms with E-state index in [4.69, 9.17) is 4.99 Å². The monoisotopic (exact) mass is 369 g/mol. The summed E-state index contributed by atoms with van der Waals surface area (Å²) >= 11 is 0. The van der Waals surface area contributed by atoms with Crippen molar-refractivity contribution in [1.82, 2.24) is 0 Å². The van der Waals surface area contributed by atoms with Gasteiger partial charge in [0.2, 0.25) is 0 Å². The molecule has 0 amide bonds. The number of carbonyl (C=O) groups excluding carboxylic acids is 2. The Morgan fingerprint density at radius 1 is 0.929 bits per heavy atom. The topological polar surface area (TPSA) is 46.5 Å². The molecule has 2 aromatic rings. The minimum absolute atomic E-state index is 0.0880. The van der Waals surface area contributed by atoms with Crippen LogP contribution in [0.1, 0.15) is 59.7 Å². The molecule has 3 nitrogen and oxygen atoms in total. The summed E-state index contributed by atoms with van der Waals surface area (Å²) in [6.45, 7) is 6.29. The highest BCUT2D eigenvalue weighted by molar-refractivity contribution is 6.30. The van der Waals surface area contributed by atoms with Gasteiger partial charge in [-0.2, -0.15) is 0 Å². The molecule has 1 aliphatic heterocycles. The normalized spacial score (nSPS) is 25.2. The Kier molecular flexibility index (Phi) is 3.61. The summed E-state index contributed by atoms with van der Waals surface area (Å²) < 4.78 is 0. The molecular weight excluding hydrogens is 346 g/mol. The summed E-state index contributed by atoms with van der Waals surface area (Å²) in [5.41, 5.74) is 6.22. The lowest BCUT2D eigenvalue weighted by Gasteiger charge is -2.38. The first kappa shape index (κ1) is 17.3. The Bertz CT molecular complexity index is 1100. The lowest BCUT2D eigenvalue weighted by atomic mass is 9.66. The van der Waals surface area contributed by atoms with Crippen LogP contribution < -0.4 is 0 Å². The van der Waals surface area contributed by atoms with Gasteiger partial charge < -0.3 is 0 Å². The Hall–Kier alpha value is -2.81. The van der Waals surface area contributed by atoms with Crippen LogP contribution in [0.25, 0.3) is 0 Å². The number of ketones is 2. The van der Waals surface area contributed by atoms with Crippen molar-refractivity contribution in [2.45, 2.75) is 39.5 Å². The van der Waals surface area contributed by atoms with Crippen molar-refractivity contribution >= 4 is 17.3 Å². The molecule has 3 heteroatoms. The Morgan fingerprint density at radius 2 is 1.68 bits per heavy atom. The van der Waals surface area contributed by atoms with Crippen molar-refractivity contribution in [2.24, 2.45) is 16.3 Å². The molecule has 0 saturated heterocycles. The summed E-state index contributed by atoms with van der Waals surface area (Å²) in [4.78, 5) is 31.6. The van der Waals surface area contributed by atoms with E-state index in [9.17, 15) is 9.59 Å². The van der Waals surface area contributed by atoms with Crippen LogP contribution in [0, 0.1) is 18.3 Å². The molecule has 0 saturated carbocycles. The standard InChI is InChI=1S/C25H23NO2/c1-14-7-6-8-15(11-14)20-21-18(12-25(2,3)13-19(21)27)26-23-16-9-4-5-10-17(16)24(28)22(20)23/h4-11,20,22H,12-13H2,1-3H3. The molecule has 0 bridgehead atoms. The van der Waals surface area contributed by atoms with Crippen molar-refractivity contribution in [3.05, 3.63) is 82.1 Å². The van der Waals surface area contributed by atoms with Crippen LogP contribution in [-0.2, 0) is 4.79 Å². The number of nitrogens with zero attached hydrogens (tertiary/aromatic N) is 1. The number of aryl methyl sites for hydroxylation is 1. The zero-order valence-electron chi connectivity index (χ0n) is 16.5. The zero-order chi connectivity index (χ0) is 19.6. The lowest BCUT2D eigenvalue weighted by Crippen LogP contribution is -2.37. The van der Waals surface area contributed by atoms with Gasteiger partial charge in [0.1, 0.15) is 0 Å². The molecule has 0 N–H and O–H groups in total. The van der Waals surface area contributed by atoms with Crippen LogP contribution in [0.15, 0.2) is 64.8 Å². The summed E-state index contributed by atoms with van der Waals surface area (Å²) in [7, 11) is 0. The Balaban J connectivity index is 1.78. The fourth-order valence-corrected chi connectivity index (χ4v) is 5.11. The molecule has 2 aromatic carbocycles. The van der Waals surface area contributed by atoms with E-state index in [1.165, 1.54) is 0 Å². The van der Waals surface area contributed by atoms with E-state index in [-0.39, 0.29) is 22.9 Å². The summed E-state index contributed by atoms with van der Waals surface area (Å²) in [5, 5.41) is 0. The van der Waals surface area contributed by atoms with Gasteiger partial charge in [-0.15, -0.1) is 0 Å². The fourth-order valence-electron chi connectivity index (χ4n) is 5.11. The molecule has 140 valence electrons. The van der Waals surface area contributed by atoms with Gasteiger partial charge in [0, 0.05) is 34.7 Å². The highest BCUT2D eigenvalue weighted by Gasteiger charge is 2.50. The van der Waals surface area contributed by atoms with E-state index in [2.05, 4.69) is 26.0 Å². The number of Topliss-reactive ketones (excluding diaryl/α,β-unsaturated/α-hetero) is 2. The second kappa shape index (κ2) is 5.84. The minimum atomic E-state index is -0.400. The van der Waals surface area contributed by atoms with Gasteiger partial charge in [0.05, 0.1) is 11.6 Å². The van der Waals surface area contributed by atoms with Crippen LogP contribution in [0.3, 0.4) is 0 Å². The Labute approximate surface area is 165 Å². The number of hydrogen-bond donors (Lipinski definition) is 0. The first-order valence-electron chi connectivity index (χ1n) is 9.91. The molecule has 1 heterocycles. The third-order valence-electron chi connectivity index (χ3n) is 6.24. The van der Waals surface area contributed by atoms with E-state index in [0.717, 1.165) is 45.7 Å². The largest absolute Gasteiger partial charge is 0.294 e. The highest BCUT2D eigenvalue weighted by atomic mass is 16.1. The van der Waals surface area contributed by atoms with Gasteiger partial charge >= 0.3 is 0 Å². The van der Waals surface area contributed by atoms with Gasteiger partial charge in [0.15, 0.2) is 11.6 Å². The molecule has 2 unspecified atom stereocenters. The van der Waals surface area contributed by atoms with Gasteiger partial charge in [-0.25, -0.2) is 0 Å². The molecule has 28 heavy (non-hydrogen) atoms. The molecule has 3 aliphatic rings. The quantitative estimate of drug-likeness (QED) is 0.707. The maximum atomic E-state index is 13.4. The number of allylic oxidation sites excluding steroid dienone is 2. The van der Waals surface area contributed by atoms with Crippen molar-refractivity contribution in [3.8, 4) is 0 Å². The molecule has 0 fully saturated rings. The van der Waals surface area contributed by atoms with Crippen LogP contribution >= 0.6 is 0 Å². The van der Waals surface area contributed by atoms with Gasteiger partial charge in [-0.3, -0.25) is 14.6 Å². The molecule has 0 spiro atoms. The molecule has 2 aliphatic carbocycles. The number of carbonyl (C=O) groups is 2. The van der Waals surface area contributed by atoms with E-state index < -0.39 is 5.92 Å². The number of aliphatic imine (C=N–C) groups is 1. The average Bonchev–Trinajstić information content (AvgIpc) is 2.92. The molecule has 2 atom stereocenters. The van der Waals surface area contributed by atoms with Crippen LogP contribution in [-0.4, -0.2) is 17.3 Å². The van der Waals surface area contributed by atoms with Crippen molar-refractivity contribution in [2.75, 3.05) is 0 Å². The maximum Gasteiger partial charge on any atom is 0.173 e. The van der Waals surface area contributed by atoms with E-state index in [1.54, 1.807) is 0 Å². The van der Waals surface area contributed by atoms with Crippen molar-refractivity contribution < 1.29 is 9.59 Å². The van der Waals surface area contributed by atoms with Gasteiger partial charge in [-0.05, 0) is 24.3 Å². The van der Waals surface area contributed by atoms with Gasteiger partial charge in [0.25, 0.3) is 0 Å².